The zero-order valence-electron chi connectivity index (χ0n) is 12.5. The Kier molecular flexibility index (Phi) is 9.43. The van der Waals surface area contributed by atoms with Crippen LogP contribution in [0.4, 0.5) is 0 Å². The van der Waals surface area contributed by atoms with Gasteiger partial charge in [-0.1, -0.05) is 12.8 Å². The van der Waals surface area contributed by atoms with Crippen LogP contribution in [0.15, 0.2) is 0 Å². The van der Waals surface area contributed by atoms with Crippen LogP contribution in [-0.2, 0) is 0 Å². The molecule has 0 radical (unpaired) electrons. The second kappa shape index (κ2) is 10.6. The maximum Gasteiger partial charge on any atom is 0.0445 e. The summed E-state index contributed by atoms with van der Waals surface area (Å²) >= 11 is 0. The molecule has 2 heterocycles. The van der Waals surface area contributed by atoms with Crippen molar-refractivity contribution in [3.8, 4) is 0 Å². The van der Waals surface area contributed by atoms with Crippen LogP contribution in [-0.4, -0.2) is 60.5 Å². The van der Waals surface area contributed by atoms with E-state index in [0.29, 0.717) is 25.3 Å². The molecule has 2 aliphatic heterocycles. The van der Waals surface area contributed by atoms with Crippen molar-refractivity contribution in [2.45, 2.75) is 63.5 Å². The fourth-order valence-corrected chi connectivity index (χ4v) is 2.98. The van der Waals surface area contributed by atoms with Gasteiger partial charge in [0.15, 0.2) is 0 Å². The van der Waals surface area contributed by atoms with E-state index in [4.69, 9.17) is 10.2 Å². The van der Waals surface area contributed by atoms with E-state index in [1.165, 1.54) is 45.1 Å². The van der Waals surface area contributed by atoms with Gasteiger partial charge in [-0.2, -0.15) is 0 Å². The van der Waals surface area contributed by atoms with Gasteiger partial charge in [-0.3, -0.25) is 0 Å². The molecule has 19 heavy (non-hydrogen) atoms. The monoisotopic (exact) mass is 272 g/mol. The van der Waals surface area contributed by atoms with E-state index >= 15 is 0 Å². The fourth-order valence-electron chi connectivity index (χ4n) is 2.98. The lowest BCUT2D eigenvalue weighted by atomic mass is 10.0. The van der Waals surface area contributed by atoms with Gasteiger partial charge < -0.3 is 20.4 Å². The lowest BCUT2D eigenvalue weighted by Gasteiger charge is -2.31. The van der Waals surface area contributed by atoms with Gasteiger partial charge in [0, 0.05) is 25.3 Å². The van der Waals surface area contributed by atoms with Gasteiger partial charge in [0.1, 0.15) is 0 Å². The Morgan fingerprint density at radius 1 is 1.00 bits per heavy atom. The number of rotatable bonds is 4. The molecule has 3 N–H and O–H groups in total. The summed E-state index contributed by atoms with van der Waals surface area (Å²) in [6.07, 6.45) is 9.72. The molecule has 0 spiro atoms. The molecule has 2 unspecified atom stereocenters. The Labute approximate surface area is 118 Å². The molecule has 0 aromatic rings. The highest BCUT2D eigenvalue weighted by molar-refractivity contribution is 4.73. The molecular weight excluding hydrogens is 240 g/mol. The SMILES string of the molecule is CN1CCCCC1CCO.OCCC1CCCCN1. The summed E-state index contributed by atoms with van der Waals surface area (Å²) in [6.45, 7) is 3.03. The van der Waals surface area contributed by atoms with Gasteiger partial charge in [0.25, 0.3) is 0 Å². The molecule has 2 fully saturated rings. The largest absolute Gasteiger partial charge is 0.396 e. The van der Waals surface area contributed by atoms with E-state index in [2.05, 4.69) is 17.3 Å². The van der Waals surface area contributed by atoms with Crippen LogP contribution in [0, 0.1) is 0 Å². The summed E-state index contributed by atoms with van der Waals surface area (Å²) in [7, 11) is 2.15. The number of nitrogens with zero attached hydrogens (tertiary/aromatic N) is 1. The molecule has 114 valence electrons. The normalized spacial score (nSPS) is 28.6. The van der Waals surface area contributed by atoms with E-state index < -0.39 is 0 Å². The van der Waals surface area contributed by atoms with Crippen molar-refractivity contribution >= 4 is 0 Å². The minimum atomic E-state index is 0.331. The lowest BCUT2D eigenvalue weighted by molar-refractivity contribution is 0.147. The molecule has 2 atom stereocenters. The Balaban J connectivity index is 0.000000191. The summed E-state index contributed by atoms with van der Waals surface area (Å²) in [6, 6.07) is 1.25. The smallest absolute Gasteiger partial charge is 0.0445 e. The third kappa shape index (κ3) is 7.25. The van der Waals surface area contributed by atoms with Crippen LogP contribution < -0.4 is 5.32 Å². The predicted octanol–water partition coefficient (Wildman–Crippen LogP) is 1.36. The zero-order valence-corrected chi connectivity index (χ0v) is 12.5. The molecule has 4 nitrogen and oxygen atoms in total. The molecule has 0 aliphatic carbocycles. The van der Waals surface area contributed by atoms with Crippen molar-refractivity contribution < 1.29 is 10.2 Å². The van der Waals surface area contributed by atoms with Crippen molar-refractivity contribution in [2.24, 2.45) is 0 Å². The average molecular weight is 272 g/mol. The van der Waals surface area contributed by atoms with Gasteiger partial charge in [0.2, 0.25) is 0 Å². The first kappa shape index (κ1) is 16.9. The Morgan fingerprint density at radius 3 is 2.32 bits per heavy atom. The fraction of sp³-hybridized carbons (Fsp3) is 1.00. The quantitative estimate of drug-likeness (QED) is 0.723. The molecule has 0 saturated carbocycles. The van der Waals surface area contributed by atoms with Crippen molar-refractivity contribution in [3.05, 3.63) is 0 Å². The second-order valence-electron chi connectivity index (χ2n) is 5.80. The number of hydrogen-bond donors (Lipinski definition) is 3. The summed E-state index contributed by atoms with van der Waals surface area (Å²) in [5.41, 5.74) is 0. The van der Waals surface area contributed by atoms with Crippen molar-refractivity contribution in [2.75, 3.05) is 33.4 Å². The maximum atomic E-state index is 8.71. The average Bonchev–Trinajstić information content (AvgIpc) is 2.44. The van der Waals surface area contributed by atoms with Crippen LogP contribution in [0.5, 0.6) is 0 Å². The van der Waals surface area contributed by atoms with Crippen molar-refractivity contribution in [1.29, 1.82) is 0 Å². The molecule has 2 rings (SSSR count). The zero-order chi connectivity index (χ0) is 13.9. The topological polar surface area (TPSA) is 55.7 Å². The van der Waals surface area contributed by atoms with Gasteiger partial charge in [-0.05, 0) is 58.7 Å². The first-order valence-electron chi connectivity index (χ1n) is 7.93. The van der Waals surface area contributed by atoms with Crippen LogP contribution in [0.3, 0.4) is 0 Å². The highest BCUT2D eigenvalue weighted by atomic mass is 16.3. The minimum Gasteiger partial charge on any atom is -0.396 e. The summed E-state index contributed by atoms with van der Waals surface area (Å²) in [4.78, 5) is 2.36. The summed E-state index contributed by atoms with van der Waals surface area (Å²) in [5, 5.41) is 20.6. The van der Waals surface area contributed by atoms with E-state index in [1.54, 1.807) is 0 Å². The third-order valence-electron chi connectivity index (χ3n) is 4.27. The molecule has 2 aliphatic rings. The predicted molar refractivity (Wildman–Crippen MR) is 79.3 cm³/mol. The van der Waals surface area contributed by atoms with Crippen LogP contribution in [0.25, 0.3) is 0 Å². The van der Waals surface area contributed by atoms with Gasteiger partial charge in [0.05, 0.1) is 0 Å². The Hall–Kier alpha value is -0.160. The van der Waals surface area contributed by atoms with Gasteiger partial charge in [-0.25, -0.2) is 0 Å². The second-order valence-corrected chi connectivity index (χ2v) is 5.80. The molecular formula is C15H32N2O2. The summed E-state index contributed by atoms with van der Waals surface area (Å²) < 4.78 is 0. The molecule has 0 amide bonds. The van der Waals surface area contributed by atoms with Crippen molar-refractivity contribution in [1.82, 2.24) is 10.2 Å². The number of hydrogen-bond acceptors (Lipinski definition) is 4. The minimum absolute atomic E-state index is 0.331. The van der Waals surface area contributed by atoms with Crippen LogP contribution >= 0.6 is 0 Å². The number of aliphatic hydroxyl groups is 2. The Bertz CT molecular complexity index is 204. The Morgan fingerprint density at radius 2 is 1.74 bits per heavy atom. The molecule has 4 heteroatoms. The first-order valence-corrected chi connectivity index (χ1v) is 7.93. The molecule has 0 aromatic heterocycles. The highest BCUT2D eigenvalue weighted by Crippen LogP contribution is 2.16. The number of nitrogens with one attached hydrogen (secondary N) is 1. The third-order valence-corrected chi connectivity index (χ3v) is 4.27. The van der Waals surface area contributed by atoms with Gasteiger partial charge in [-0.15, -0.1) is 0 Å². The van der Waals surface area contributed by atoms with Crippen LogP contribution in [0.2, 0.25) is 0 Å². The van der Waals surface area contributed by atoms with Gasteiger partial charge >= 0.3 is 0 Å². The lowest BCUT2D eigenvalue weighted by Crippen LogP contribution is -2.36. The van der Waals surface area contributed by atoms with E-state index in [0.717, 1.165) is 19.4 Å². The standard InChI is InChI=1S/C8H17NO.C7H15NO/c1-9-6-3-2-4-8(9)5-7-10;9-6-4-7-3-1-2-5-8-7/h8,10H,2-7H2,1H3;7-9H,1-6H2. The van der Waals surface area contributed by atoms with E-state index in [-0.39, 0.29) is 0 Å². The first-order chi connectivity index (χ1) is 9.27. The van der Waals surface area contributed by atoms with E-state index in [1.807, 2.05) is 0 Å². The highest BCUT2D eigenvalue weighted by Gasteiger charge is 2.17. The van der Waals surface area contributed by atoms with Crippen molar-refractivity contribution in [3.63, 3.8) is 0 Å². The van der Waals surface area contributed by atoms with E-state index in [9.17, 15) is 0 Å². The number of aliphatic hydroxyl groups excluding tert-OH is 2. The molecule has 0 bridgehead atoms. The molecule has 2 saturated heterocycles. The maximum absolute atomic E-state index is 8.71. The number of likely N-dealkylation sites (tertiary alicyclic amines) is 1. The summed E-state index contributed by atoms with van der Waals surface area (Å²) in [5.74, 6) is 0. The van der Waals surface area contributed by atoms with Crippen LogP contribution in [0.1, 0.15) is 51.4 Å². The number of piperidine rings is 2. The molecule has 0 aromatic carbocycles.